The summed E-state index contributed by atoms with van der Waals surface area (Å²) in [6.45, 7) is 4.36. The number of hydrogen-bond acceptors (Lipinski definition) is 2. The van der Waals surface area contributed by atoms with Crippen LogP contribution in [-0.4, -0.2) is 5.78 Å². The number of benzene rings is 2. The van der Waals surface area contributed by atoms with Gasteiger partial charge in [-0.3, -0.25) is 4.79 Å². The maximum Gasteiger partial charge on any atom is 0.196 e. The third-order valence-electron chi connectivity index (χ3n) is 3.56. The van der Waals surface area contributed by atoms with Gasteiger partial charge in [-0.15, -0.1) is 0 Å². The molecule has 21 heavy (non-hydrogen) atoms. The summed E-state index contributed by atoms with van der Waals surface area (Å²) in [6, 6.07) is 15.5. The Hall–Kier alpha value is -2.35. The molecule has 2 heteroatoms. The van der Waals surface area contributed by atoms with Crippen molar-refractivity contribution in [1.29, 1.82) is 0 Å². The van der Waals surface area contributed by atoms with E-state index in [1.54, 1.807) is 6.26 Å². The van der Waals surface area contributed by atoms with Crippen molar-refractivity contribution in [1.82, 2.24) is 0 Å². The Balaban J connectivity index is 1.98. The predicted octanol–water partition coefficient (Wildman–Crippen LogP) is 4.86. The van der Waals surface area contributed by atoms with Crippen LogP contribution >= 0.6 is 0 Å². The number of hydrogen-bond donors (Lipinski definition) is 0. The second-order valence-corrected chi connectivity index (χ2v) is 5.77. The molecule has 3 aromatic rings. The maximum absolute atomic E-state index is 12.7. The molecule has 0 amide bonds. The van der Waals surface area contributed by atoms with Gasteiger partial charge in [0.15, 0.2) is 5.78 Å². The standard InChI is InChI=1S/C19H18O2/c1-13(2)10-14-6-5-7-15(11-14)19(20)17-12-21-18-9-4-3-8-16(17)18/h3-9,11-13H,10H2,1-2H3. The second kappa shape index (κ2) is 5.57. The van der Waals surface area contributed by atoms with Gasteiger partial charge >= 0.3 is 0 Å². The highest BCUT2D eigenvalue weighted by Gasteiger charge is 2.15. The molecular formula is C19H18O2. The number of carbonyl (C=O) groups is 1. The third-order valence-corrected chi connectivity index (χ3v) is 3.56. The molecule has 0 saturated carbocycles. The minimum absolute atomic E-state index is 0.0190. The van der Waals surface area contributed by atoms with E-state index in [-0.39, 0.29) is 5.78 Å². The zero-order valence-electron chi connectivity index (χ0n) is 12.3. The van der Waals surface area contributed by atoms with Crippen LogP contribution in [0.4, 0.5) is 0 Å². The first-order valence-corrected chi connectivity index (χ1v) is 7.25. The zero-order chi connectivity index (χ0) is 14.8. The summed E-state index contributed by atoms with van der Waals surface area (Å²) < 4.78 is 5.47. The van der Waals surface area contributed by atoms with Gasteiger partial charge in [-0.25, -0.2) is 0 Å². The first-order chi connectivity index (χ1) is 10.1. The van der Waals surface area contributed by atoms with Crippen molar-refractivity contribution in [3.8, 4) is 0 Å². The molecule has 0 bridgehead atoms. The van der Waals surface area contributed by atoms with Crippen LogP contribution in [0.5, 0.6) is 0 Å². The molecule has 0 radical (unpaired) electrons. The monoisotopic (exact) mass is 278 g/mol. The summed E-state index contributed by atoms with van der Waals surface area (Å²) in [4.78, 5) is 12.7. The molecule has 0 N–H and O–H groups in total. The van der Waals surface area contributed by atoms with Crippen LogP contribution in [0.25, 0.3) is 11.0 Å². The van der Waals surface area contributed by atoms with Gasteiger partial charge in [0.2, 0.25) is 0 Å². The highest BCUT2D eigenvalue weighted by molar-refractivity contribution is 6.15. The van der Waals surface area contributed by atoms with Gasteiger partial charge in [0.05, 0.1) is 5.56 Å². The SMILES string of the molecule is CC(C)Cc1cccc(C(=O)c2coc3ccccc23)c1. The van der Waals surface area contributed by atoms with Gasteiger partial charge in [-0.2, -0.15) is 0 Å². The minimum atomic E-state index is 0.0190. The van der Waals surface area contributed by atoms with E-state index in [1.165, 1.54) is 5.56 Å². The lowest BCUT2D eigenvalue weighted by Crippen LogP contribution is -2.02. The van der Waals surface area contributed by atoms with Crippen molar-refractivity contribution in [2.24, 2.45) is 5.92 Å². The van der Waals surface area contributed by atoms with E-state index in [4.69, 9.17) is 4.42 Å². The fourth-order valence-electron chi connectivity index (χ4n) is 2.62. The van der Waals surface area contributed by atoms with Crippen molar-refractivity contribution in [3.63, 3.8) is 0 Å². The Morgan fingerprint density at radius 1 is 1.10 bits per heavy atom. The highest BCUT2D eigenvalue weighted by Crippen LogP contribution is 2.24. The Kier molecular flexibility index (Phi) is 3.61. The molecular weight excluding hydrogens is 260 g/mol. The number of fused-ring (bicyclic) bond motifs is 1. The first kappa shape index (κ1) is 13.6. The zero-order valence-corrected chi connectivity index (χ0v) is 12.3. The number of furan rings is 1. The summed E-state index contributed by atoms with van der Waals surface area (Å²) in [5.41, 5.74) is 3.30. The number of ketones is 1. The average Bonchev–Trinajstić information content (AvgIpc) is 2.90. The lowest BCUT2D eigenvalue weighted by Gasteiger charge is -2.06. The molecule has 3 rings (SSSR count). The fourth-order valence-corrected chi connectivity index (χ4v) is 2.62. The summed E-state index contributed by atoms with van der Waals surface area (Å²) in [5.74, 6) is 0.593. The Morgan fingerprint density at radius 2 is 1.90 bits per heavy atom. The molecule has 0 unspecified atom stereocenters. The molecule has 0 aliphatic heterocycles. The minimum Gasteiger partial charge on any atom is -0.464 e. The molecule has 1 heterocycles. The van der Waals surface area contributed by atoms with Crippen LogP contribution in [0.3, 0.4) is 0 Å². The van der Waals surface area contributed by atoms with Gasteiger partial charge in [0.1, 0.15) is 11.8 Å². The molecule has 2 aromatic carbocycles. The maximum atomic E-state index is 12.7. The van der Waals surface area contributed by atoms with Crippen molar-refractivity contribution in [3.05, 3.63) is 71.5 Å². The average molecular weight is 278 g/mol. The molecule has 0 aliphatic carbocycles. The second-order valence-electron chi connectivity index (χ2n) is 5.77. The molecule has 0 aliphatic rings. The van der Waals surface area contributed by atoms with Crippen LogP contribution in [0.1, 0.15) is 35.3 Å². The van der Waals surface area contributed by atoms with Crippen molar-refractivity contribution < 1.29 is 9.21 Å². The van der Waals surface area contributed by atoms with E-state index < -0.39 is 0 Å². The Bertz CT molecular complexity index is 781. The molecule has 1 aromatic heterocycles. The topological polar surface area (TPSA) is 30.2 Å². The Morgan fingerprint density at radius 3 is 2.71 bits per heavy atom. The van der Waals surface area contributed by atoms with Crippen molar-refractivity contribution in [2.45, 2.75) is 20.3 Å². The number of rotatable bonds is 4. The van der Waals surface area contributed by atoms with Crippen LogP contribution in [-0.2, 0) is 6.42 Å². The van der Waals surface area contributed by atoms with E-state index in [0.717, 1.165) is 23.0 Å². The van der Waals surface area contributed by atoms with Crippen LogP contribution < -0.4 is 0 Å². The van der Waals surface area contributed by atoms with Gasteiger partial charge < -0.3 is 4.42 Å². The quantitative estimate of drug-likeness (QED) is 0.638. The smallest absolute Gasteiger partial charge is 0.196 e. The van der Waals surface area contributed by atoms with E-state index in [2.05, 4.69) is 19.9 Å². The number of para-hydroxylation sites is 1. The van der Waals surface area contributed by atoms with Crippen LogP contribution in [0, 0.1) is 5.92 Å². The lowest BCUT2D eigenvalue weighted by atomic mass is 9.97. The molecule has 0 spiro atoms. The fraction of sp³-hybridized carbons (Fsp3) is 0.211. The lowest BCUT2D eigenvalue weighted by molar-refractivity contribution is 0.103. The van der Waals surface area contributed by atoms with E-state index in [9.17, 15) is 4.79 Å². The third kappa shape index (κ3) is 2.75. The summed E-state index contributed by atoms with van der Waals surface area (Å²) >= 11 is 0. The van der Waals surface area contributed by atoms with Crippen LogP contribution in [0.2, 0.25) is 0 Å². The molecule has 2 nitrogen and oxygen atoms in total. The predicted molar refractivity (Wildman–Crippen MR) is 84.6 cm³/mol. The van der Waals surface area contributed by atoms with Gasteiger partial charge in [0, 0.05) is 10.9 Å². The van der Waals surface area contributed by atoms with Crippen molar-refractivity contribution >= 4 is 16.8 Å². The normalized spacial score (nSPS) is 11.2. The summed E-state index contributed by atoms with van der Waals surface area (Å²) in [7, 11) is 0. The molecule has 106 valence electrons. The molecule has 0 saturated heterocycles. The number of carbonyl (C=O) groups excluding carboxylic acids is 1. The molecule has 0 fully saturated rings. The van der Waals surface area contributed by atoms with Gasteiger partial charge in [-0.05, 0) is 30.0 Å². The van der Waals surface area contributed by atoms with E-state index >= 15 is 0 Å². The first-order valence-electron chi connectivity index (χ1n) is 7.25. The summed E-state index contributed by atoms with van der Waals surface area (Å²) in [5, 5.41) is 0.872. The summed E-state index contributed by atoms with van der Waals surface area (Å²) in [6.07, 6.45) is 2.54. The highest BCUT2D eigenvalue weighted by atomic mass is 16.3. The van der Waals surface area contributed by atoms with Gasteiger partial charge in [0.25, 0.3) is 0 Å². The van der Waals surface area contributed by atoms with Gasteiger partial charge in [-0.1, -0.05) is 50.2 Å². The van der Waals surface area contributed by atoms with E-state index in [1.807, 2.05) is 42.5 Å². The van der Waals surface area contributed by atoms with E-state index in [0.29, 0.717) is 11.5 Å². The van der Waals surface area contributed by atoms with Crippen molar-refractivity contribution in [2.75, 3.05) is 0 Å². The molecule has 0 atom stereocenters. The Labute approximate surface area is 124 Å². The van der Waals surface area contributed by atoms with Crippen LogP contribution in [0.15, 0.2) is 59.2 Å². The largest absolute Gasteiger partial charge is 0.464 e.